The molecule has 3 saturated carbocycles. The van der Waals surface area contributed by atoms with Gasteiger partial charge in [0, 0.05) is 0 Å². The van der Waals surface area contributed by atoms with E-state index in [4.69, 9.17) is 49.1 Å². The van der Waals surface area contributed by atoms with Crippen LogP contribution in [0.3, 0.4) is 0 Å². The normalized spacial score (nSPS) is 23.0. The fourth-order valence-electron chi connectivity index (χ4n) is 4.57. The van der Waals surface area contributed by atoms with Crippen LogP contribution >= 0.6 is 34.8 Å². The van der Waals surface area contributed by atoms with Gasteiger partial charge in [-0.05, 0) is 77.0 Å². The molecule has 3 fully saturated rings. The van der Waals surface area contributed by atoms with Crippen LogP contribution < -0.4 is 5.46 Å². The number of oxime groups is 6. The summed E-state index contributed by atoms with van der Waals surface area (Å²) >= 11 is 14.4. The molecule has 0 atom stereocenters. The minimum atomic E-state index is -2.95. The number of nitrogens with zero attached hydrogens (tertiary/aromatic N) is 6. The first-order valence-corrected chi connectivity index (χ1v) is 14.7. The molecule has 18 heteroatoms. The molecule has 1 radical (unpaired) electrons. The summed E-state index contributed by atoms with van der Waals surface area (Å²) in [5.41, 5.74) is 3.22. The zero-order valence-corrected chi connectivity index (χ0v) is 26.7. The molecule has 3 aliphatic rings. The van der Waals surface area contributed by atoms with E-state index in [1.807, 2.05) is 6.07 Å². The second-order valence-electron chi connectivity index (χ2n) is 9.49. The molecule has 237 valence electrons. The average molecular weight is 703 g/mol. The number of alkyl halides is 3. The number of halogens is 3. The summed E-state index contributed by atoms with van der Waals surface area (Å²) in [6.45, 7) is -2.95. The van der Waals surface area contributed by atoms with E-state index in [2.05, 4.69) is 30.9 Å². The predicted molar refractivity (Wildman–Crippen MR) is 164 cm³/mol. The van der Waals surface area contributed by atoms with E-state index >= 15 is 0 Å². The molecule has 4 rings (SSSR count). The molecule has 1 aromatic carbocycles. The van der Waals surface area contributed by atoms with Gasteiger partial charge >= 0.3 is 23.8 Å². The first kappa shape index (κ1) is 38.5. The molecule has 0 aliphatic heterocycles. The standard InChI is InChI=1S/C24H32BN6O6.CHCl3.Mn.H2O/c32-26-19-12-4-7-15-22(19)29-35-25(18-10-2-1-3-11-18,36-30-23-16-8-5-13-20(23)27-33)37-31-24-17-9-6-14-21(24)28-34;2-1(3)4;;/h1-3,10-11,32-34H,4-9,12-17H2;1H;;1H2/q-1;;+2;/p-1/b26-19+,27-20+,28-21+,29-22+,30-23+,31-24+;;;. The zero-order chi connectivity index (χ0) is 29.5. The van der Waals surface area contributed by atoms with Crippen LogP contribution in [-0.2, 0) is 31.3 Å². The Morgan fingerprint density at radius 1 is 0.558 bits per heavy atom. The number of hydrogen-bond acceptors (Lipinski definition) is 13. The summed E-state index contributed by atoms with van der Waals surface area (Å²) in [5.74, 6) is 0. The van der Waals surface area contributed by atoms with Crippen LogP contribution in [0.2, 0.25) is 0 Å². The Balaban J connectivity index is 0.00000145. The van der Waals surface area contributed by atoms with E-state index in [0.29, 0.717) is 78.3 Å². The van der Waals surface area contributed by atoms with E-state index in [0.717, 1.165) is 38.5 Å². The quantitative estimate of drug-likeness (QED) is 0.135. The second-order valence-corrected chi connectivity index (χ2v) is 11.5. The summed E-state index contributed by atoms with van der Waals surface area (Å²) in [5, 5.41) is 51.3. The van der Waals surface area contributed by atoms with Crippen molar-refractivity contribution in [2.75, 3.05) is 0 Å². The summed E-state index contributed by atoms with van der Waals surface area (Å²) in [6.07, 6.45) is 8.65. The third kappa shape index (κ3) is 11.8. The third-order valence-corrected chi connectivity index (χ3v) is 6.71. The van der Waals surface area contributed by atoms with Crippen molar-refractivity contribution in [1.29, 1.82) is 0 Å². The van der Waals surface area contributed by atoms with Crippen LogP contribution in [0.5, 0.6) is 0 Å². The molecular formula is C25H34BCl3MnN6O7. The van der Waals surface area contributed by atoms with E-state index in [1.54, 1.807) is 24.3 Å². The number of rotatable bonds is 7. The van der Waals surface area contributed by atoms with Crippen molar-refractivity contribution in [2.24, 2.45) is 30.9 Å². The second kappa shape index (κ2) is 20.4. The molecule has 13 nitrogen and oxygen atoms in total. The van der Waals surface area contributed by atoms with Crippen molar-refractivity contribution in [1.82, 2.24) is 0 Å². The Morgan fingerprint density at radius 3 is 1.12 bits per heavy atom. The summed E-state index contributed by atoms with van der Waals surface area (Å²) in [6, 6.07) is 8.90. The molecule has 0 amide bonds. The molecule has 3 aliphatic carbocycles. The van der Waals surface area contributed by atoms with Crippen molar-refractivity contribution in [3.63, 3.8) is 0 Å². The smallest absolute Gasteiger partial charge is 0.870 e. The largest absolute Gasteiger partial charge is 2.00 e. The Kier molecular flexibility index (Phi) is 18.3. The van der Waals surface area contributed by atoms with Crippen molar-refractivity contribution >= 4 is 81.3 Å². The Bertz CT molecular complexity index is 1080. The van der Waals surface area contributed by atoms with Gasteiger partial charge in [-0.1, -0.05) is 86.1 Å². The molecule has 0 spiro atoms. The molecule has 0 aromatic heterocycles. The molecule has 0 bridgehead atoms. The van der Waals surface area contributed by atoms with Gasteiger partial charge in [-0.2, -0.15) is 0 Å². The minimum Gasteiger partial charge on any atom is -0.870 e. The van der Waals surface area contributed by atoms with E-state index in [-0.39, 0.29) is 22.5 Å². The Morgan fingerprint density at radius 2 is 0.837 bits per heavy atom. The van der Waals surface area contributed by atoms with Crippen molar-refractivity contribution in [3.05, 3.63) is 30.3 Å². The van der Waals surface area contributed by atoms with Gasteiger partial charge in [0.25, 0.3) is 0 Å². The maximum atomic E-state index is 9.44. The van der Waals surface area contributed by atoms with Crippen LogP contribution in [0, 0.1) is 0 Å². The summed E-state index contributed by atoms with van der Waals surface area (Å²) in [4.78, 5) is 0. The molecule has 1 aromatic rings. The summed E-state index contributed by atoms with van der Waals surface area (Å²) in [7, 11) is 0. The van der Waals surface area contributed by atoms with Crippen molar-refractivity contribution < 1.29 is 52.4 Å². The SMILES string of the molecule is ClC(Cl)Cl.O/N=C1\CCCC\C1=N/O[B-](O/N=C1\CCCC\C1=N/O)(O/N=C1\CCCC\C1=N/O)c1ccccc1.[Mn+2].[OH-]. The van der Waals surface area contributed by atoms with E-state index in [1.165, 1.54) is 0 Å². The molecule has 0 unspecified atom stereocenters. The molecule has 0 heterocycles. The van der Waals surface area contributed by atoms with Crippen molar-refractivity contribution in [2.45, 2.75) is 81.3 Å². The molecular weight excluding hydrogens is 668 g/mol. The fraction of sp³-hybridized carbons (Fsp3) is 0.520. The van der Waals surface area contributed by atoms with Crippen LogP contribution in [0.15, 0.2) is 61.3 Å². The predicted octanol–water partition coefficient (Wildman–Crippen LogP) is 5.97. The van der Waals surface area contributed by atoms with Crippen LogP contribution in [-0.4, -0.2) is 66.4 Å². The number of benzene rings is 1. The maximum absolute atomic E-state index is 9.44. The van der Waals surface area contributed by atoms with Crippen molar-refractivity contribution in [3.8, 4) is 0 Å². The van der Waals surface area contributed by atoms with Gasteiger partial charge in [-0.15, -0.1) is 15.5 Å². The monoisotopic (exact) mass is 701 g/mol. The van der Waals surface area contributed by atoms with E-state index < -0.39 is 11.0 Å². The first-order chi connectivity index (χ1) is 19.9. The molecule has 4 N–H and O–H groups in total. The third-order valence-electron chi connectivity index (χ3n) is 6.71. The van der Waals surface area contributed by atoms with E-state index in [9.17, 15) is 15.6 Å². The summed E-state index contributed by atoms with van der Waals surface area (Å²) < 4.78 is 17.3. The van der Waals surface area contributed by atoms with Gasteiger partial charge in [0.1, 0.15) is 17.1 Å². The first-order valence-electron chi connectivity index (χ1n) is 13.4. The average Bonchev–Trinajstić information content (AvgIpc) is 3.01. The molecule has 43 heavy (non-hydrogen) atoms. The Labute approximate surface area is 275 Å². The van der Waals surface area contributed by atoms with Gasteiger partial charge in [0.05, 0.1) is 17.1 Å². The van der Waals surface area contributed by atoms with Crippen LogP contribution in [0.1, 0.15) is 77.0 Å². The Hall–Kier alpha value is -2.55. The van der Waals surface area contributed by atoms with Crippen LogP contribution in [0.4, 0.5) is 0 Å². The van der Waals surface area contributed by atoms with Crippen LogP contribution in [0.25, 0.3) is 0 Å². The van der Waals surface area contributed by atoms with Gasteiger partial charge in [0.15, 0.2) is 4.30 Å². The topological polar surface area (TPSA) is 193 Å². The maximum Gasteiger partial charge on any atom is 2.00 e. The van der Waals surface area contributed by atoms with Gasteiger partial charge in [0.2, 0.25) is 0 Å². The zero-order valence-electron chi connectivity index (χ0n) is 23.2. The minimum absolute atomic E-state index is 0. The van der Waals surface area contributed by atoms with Gasteiger partial charge < -0.3 is 35.4 Å². The van der Waals surface area contributed by atoms with Gasteiger partial charge in [-0.25, -0.2) is 0 Å². The fourth-order valence-corrected chi connectivity index (χ4v) is 4.57. The number of hydrogen-bond donors (Lipinski definition) is 3. The van der Waals surface area contributed by atoms with Gasteiger partial charge in [-0.3, -0.25) is 0 Å². The molecule has 0 saturated heterocycles.